The maximum atomic E-state index is 12.7. The van der Waals surface area contributed by atoms with Crippen molar-refractivity contribution in [2.24, 2.45) is 13.0 Å². The third-order valence-electron chi connectivity index (χ3n) is 5.38. The maximum Gasteiger partial charge on any atom is 0.272 e. The van der Waals surface area contributed by atoms with Crippen molar-refractivity contribution in [2.45, 2.75) is 12.5 Å². The molecule has 7 heteroatoms. The van der Waals surface area contributed by atoms with Crippen molar-refractivity contribution in [1.29, 1.82) is 0 Å². The summed E-state index contributed by atoms with van der Waals surface area (Å²) in [5.41, 5.74) is 2.91. The lowest BCUT2D eigenvalue weighted by molar-refractivity contribution is 0.0772. The van der Waals surface area contributed by atoms with E-state index in [9.17, 15) is 4.79 Å². The van der Waals surface area contributed by atoms with Gasteiger partial charge in [0.1, 0.15) is 11.5 Å². The molecule has 5 rings (SSSR count). The van der Waals surface area contributed by atoms with Gasteiger partial charge in [-0.05, 0) is 18.2 Å². The van der Waals surface area contributed by atoms with Gasteiger partial charge in [-0.25, -0.2) is 4.98 Å². The highest BCUT2D eigenvalue weighted by Gasteiger charge is 2.44. The minimum atomic E-state index is 0.0573. The summed E-state index contributed by atoms with van der Waals surface area (Å²) in [4.78, 5) is 23.4. The van der Waals surface area contributed by atoms with E-state index < -0.39 is 0 Å². The smallest absolute Gasteiger partial charge is 0.272 e. The number of rotatable bonds is 2. The van der Waals surface area contributed by atoms with Crippen molar-refractivity contribution in [2.75, 3.05) is 13.1 Å². The second-order valence-corrected chi connectivity index (χ2v) is 6.76. The van der Waals surface area contributed by atoms with Gasteiger partial charge in [0.25, 0.3) is 5.91 Å². The molecule has 2 aliphatic heterocycles. The van der Waals surface area contributed by atoms with Crippen molar-refractivity contribution >= 4 is 5.91 Å². The summed E-state index contributed by atoms with van der Waals surface area (Å²) < 4.78 is 3.94. The number of carbonyl (C=O) groups is 1. The number of fused-ring (bicyclic) bond motifs is 3. The number of amides is 1. The fraction of sp³-hybridized carbons (Fsp3) is 0.333. The molecular formula is C18H18N6O. The molecule has 1 saturated heterocycles. The molecule has 0 bridgehead atoms. The number of hydrogen-bond acceptors (Lipinski definition) is 4. The Balaban J connectivity index is 1.41. The standard InChI is InChI=1S/C18H18N6O/c1-22-15(4-7-21-22)18(25)23-9-13-10-24-16(12-2-5-19-6-3-12)8-20-17(24)14(13)11-23/h2-8,13-14H,9-11H2,1H3/t13-,14-/m0/s1. The Morgan fingerprint density at radius 1 is 1.12 bits per heavy atom. The minimum Gasteiger partial charge on any atom is -0.336 e. The van der Waals surface area contributed by atoms with Gasteiger partial charge in [-0.15, -0.1) is 0 Å². The first kappa shape index (κ1) is 14.4. The first-order valence-corrected chi connectivity index (χ1v) is 8.45. The molecule has 25 heavy (non-hydrogen) atoms. The third kappa shape index (κ3) is 2.12. The number of carbonyl (C=O) groups excluding carboxylic acids is 1. The van der Waals surface area contributed by atoms with Crippen molar-refractivity contribution in [1.82, 2.24) is 29.2 Å². The second-order valence-electron chi connectivity index (χ2n) is 6.76. The van der Waals surface area contributed by atoms with E-state index in [0.29, 0.717) is 17.5 Å². The Kier molecular flexibility index (Phi) is 3.03. The number of hydrogen-bond donors (Lipinski definition) is 0. The van der Waals surface area contributed by atoms with E-state index in [1.807, 2.05) is 23.2 Å². The number of imidazole rings is 1. The van der Waals surface area contributed by atoms with Crippen LogP contribution in [0.1, 0.15) is 22.2 Å². The van der Waals surface area contributed by atoms with Crippen LogP contribution in [-0.4, -0.2) is 48.2 Å². The number of likely N-dealkylation sites (tertiary alicyclic amines) is 1. The third-order valence-corrected chi connectivity index (χ3v) is 5.38. The molecule has 0 aliphatic carbocycles. The zero-order valence-corrected chi connectivity index (χ0v) is 13.9. The molecule has 1 fully saturated rings. The summed E-state index contributed by atoms with van der Waals surface area (Å²) in [5.74, 6) is 1.90. The largest absolute Gasteiger partial charge is 0.336 e. The Hall–Kier alpha value is -2.96. The van der Waals surface area contributed by atoms with Crippen LogP contribution in [0.25, 0.3) is 11.3 Å². The van der Waals surface area contributed by atoms with Gasteiger partial charge in [0, 0.05) is 62.7 Å². The Morgan fingerprint density at radius 3 is 2.72 bits per heavy atom. The van der Waals surface area contributed by atoms with Crippen LogP contribution in [0, 0.1) is 5.92 Å². The SMILES string of the molecule is Cn1nccc1C(=O)N1C[C@H]2Cn3c(-c4ccncc4)cnc3[C@H]2C1. The van der Waals surface area contributed by atoms with Gasteiger partial charge >= 0.3 is 0 Å². The molecule has 0 N–H and O–H groups in total. The van der Waals surface area contributed by atoms with Gasteiger partial charge in [0.2, 0.25) is 0 Å². The van der Waals surface area contributed by atoms with Crippen LogP contribution in [0.2, 0.25) is 0 Å². The van der Waals surface area contributed by atoms with Gasteiger partial charge < -0.3 is 9.47 Å². The monoisotopic (exact) mass is 334 g/mol. The van der Waals surface area contributed by atoms with E-state index in [4.69, 9.17) is 0 Å². The molecule has 7 nitrogen and oxygen atoms in total. The first-order chi connectivity index (χ1) is 12.2. The van der Waals surface area contributed by atoms with Crippen LogP contribution in [0.4, 0.5) is 0 Å². The molecule has 0 saturated carbocycles. The molecule has 126 valence electrons. The fourth-order valence-corrected chi connectivity index (χ4v) is 4.13. The average Bonchev–Trinajstić information content (AvgIpc) is 3.36. The lowest BCUT2D eigenvalue weighted by Crippen LogP contribution is -2.31. The Bertz CT molecular complexity index is 944. The highest BCUT2D eigenvalue weighted by atomic mass is 16.2. The van der Waals surface area contributed by atoms with Crippen LogP contribution in [-0.2, 0) is 13.6 Å². The van der Waals surface area contributed by atoms with Gasteiger partial charge in [-0.2, -0.15) is 5.10 Å². The minimum absolute atomic E-state index is 0.0573. The number of nitrogens with zero attached hydrogens (tertiary/aromatic N) is 6. The summed E-state index contributed by atoms with van der Waals surface area (Å²) >= 11 is 0. The highest BCUT2D eigenvalue weighted by Crippen LogP contribution is 2.41. The van der Waals surface area contributed by atoms with Gasteiger partial charge in [0.05, 0.1) is 11.9 Å². The quantitative estimate of drug-likeness (QED) is 0.713. The summed E-state index contributed by atoms with van der Waals surface area (Å²) in [7, 11) is 1.80. The second kappa shape index (κ2) is 5.27. The van der Waals surface area contributed by atoms with E-state index in [1.54, 1.807) is 36.4 Å². The predicted molar refractivity (Wildman–Crippen MR) is 90.8 cm³/mol. The van der Waals surface area contributed by atoms with Crippen molar-refractivity contribution in [3.05, 3.63) is 54.5 Å². The molecule has 0 radical (unpaired) electrons. The molecule has 0 spiro atoms. The molecule has 3 aromatic heterocycles. The van der Waals surface area contributed by atoms with Gasteiger partial charge in [0.15, 0.2) is 0 Å². The number of aromatic nitrogens is 5. The van der Waals surface area contributed by atoms with E-state index in [2.05, 4.69) is 19.6 Å². The summed E-state index contributed by atoms with van der Waals surface area (Å²) in [6.07, 6.45) is 7.21. The first-order valence-electron chi connectivity index (χ1n) is 8.45. The van der Waals surface area contributed by atoms with Crippen molar-refractivity contribution < 1.29 is 4.79 Å². The van der Waals surface area contributed by atoms with Crippen LogP contribution in [0.3, 0.4) is 0 Å². The Morgan fingerprint density at radius 2 is 1.96 bits per heavy atom. The van der Waals surface area contributed by atoms with Crippen LogP contribution < -0.4 is 0 Å². The maximum absolute atomic E-state index is 12.7. The zero-order valence-electron chi connectivity index (χ0n) is 13.9. The van der Waals surface area contributed by atoms with E-state index in [1.165, 1.54) is 0 Å². The summed E-state index contributed by atoms with van der Waals surface area (Å²) in [6, 6.07) is 5.80. The lowest BCUT2D eigenvalue weighted by atomic mass is 9.99. The van der Waals surface area contributed by atoms with E-state index in [0.717, 1.165) is 36.7 Å². The summed E-state index contributed by atoms with van der Waals surface area (Å²) in [6.45, 7) is 2.40. The highest BCUT2D eigenvalue weighted by molar-refractivity contribution is 5.92. The van der Waals surface area contributed by atoms with E-state index in [-0.39, 0.29) is 5.91 Å². The molecule has 2 aliphatic rings. The molecule has 1 amide bonds. The molecule has 5 heterocycles. The molecule has 0 aromatic carbocycles. The van der Waals surface area contributed by atoms with E-state index >= 15 is 0 Å². The molecule has 2 atom stereocenters. The summed E-state index contributed by atoms with van der Waals surface area (Å²) in [5, 5.41) is 4.10. The van der Waals surface area contributed by atoms with Crippen LogP contribution in [0.15, 0.2) is 43.0 Å². The Labute approximate surface area is 144 Å². The van der Waals surface area contributed by atoms with Crippen LogP contribution in [0.5, 0.6) is 0 Å². The van der Waals surface area contributed by atoms with Crippen molar-refractivity contribution in [3.8, 4) is 11.3 Å². The number of aryl methyl sites for hydroxylation is 1. The predicted octanol–water partition coefficient (Wildman–Crippen LogP) is 1.55. The van der Waals surface area contributed by atoms with Gasteiger partial charge in [-0.3, -0.25) is 14.5 Å². The molecule has 3 aromatic rings. The molecular weight excluding hydrogens is 316 g/mol. The van der Waals surface area contributed by atoms with Crippen molar-refractivity contribution in [3.63, 3.8) is 0 Å². The fourth-order valence-electron chi connectivity index (χ4n) is 4.13. The van der Waals surface area contributed by atoms with Crippen LogP contribution >= 0.6 is 0 Å². The lowest BCUT2D eigenvalue weighted by Gasteiger charge is -2.18. The normalized spacial score (nSPS) is 21.4. The van der Waals surface area contributed by atoms with Gasteiger partial charge in [-0.1, -0.05) is 0 Å². The zero-order chi connectivity index (χ0) is 17.0. The molecule has 0 unspecified atom stereocenters. The topological polar surface area (TPSA) is 68.8 Å². The number of pyridine rings is 1. The average molecular weight is 334 g/mol.